The first-order valence-electron chi connectivity index (χ1n) is 34.9. The monoisotopic (exact) mass is 1360 g/mol. The van der Waals surface area contributed by atoms with E-state index >= 15 is 9.90 Å². The second-order valence-corrected chi connectivity index (χ2v) is 28.9. The number of piperidine rings is 1. The summed E-state index contributed by atoms with van der Waals surface area (Å²) in [6.45, 7) is 12.0. The van der Waals surface area contributed by atoms with Crippen molar-refractivity contribution in [2.45, 2.75) is 171 Å². The van der Waals surface area contributed by atoms with Crippen LogP contribution in [0, 0.1) is 17.3 Å². The molecule has 1 aliphatic carbocycles. The number of likely N-dealkylation sites (N-methyl/N-ethyl adjacent to an activating group) is 1. The molecule has 532 valence electrons. The largest absolute Gasteiger partial charge is 0.845 e. The molecule has 1 saturated carbocycles. The number of aromatic amines is 1. The molecule has 7 aliphatic rings. The number of carbonyl (C=O) groups is 9. The molecule has 6 aliphatic heterocycles. The van der Waals surface area contributed by atoms with E-state index in [0.717, 1.165) is 32.5 Å². The second-order valence-electron chi connectivity index (χ2n) is 28.9. The van der Waals surface area contributed by atoms with Gasteiger partial charge in [0.15, 0.2) is 6.10 Å². The summed E-state index contributed by atoms with van der Waals surface area (Å²) in [5.41, 5.74) is 3.25. The number of H-pyrrole nitrogens is 1. The number of amides is 7. The van der Waals surface area contributed by atoms with Gasteiger partial charge in [-0.15, -0.1) is 0 Å². The molecule has 12 atom stereocenters. The van der Waals surface area contributed by atoms with Crippen LogP contribution in [0.1, 0.15) is 133 Å². The molecule has 4 aromatic rings. The number of nitrogens with zero attached hydrogens (tertiary/aromatic N) is 4. The van der Waals surface area contributed by atoms with Crippen molar-refractivity contribution in [3.63, 3.8) is 0 Å². The predicted octanol–water partition coefficient (Wildman–Crippen LogP) is 4.57. The molecule has 0 radical (unpaired) electrons. The molecule has 7 amide bonds. The van der Waals surface area contributed by atoms with E-state index in [-0.39, 0.29) is 75.4 Å². The summed E-state index contributed by atoms with van der Waals surface area (Å²) >= 11 is 0. The summed E-state index contributed by atoms with van der Waals surface area (Å²) in [7, 11) is 5.99. The average molecular weight is 1370 g/mol. The van der Waals surface area contributed by atoms with Crippen molar-refractivity contribution >= 4 is 75.8 Å². The van der Waals surface area contributed by atoms with E-state index in [2.05, 4.69) is 37.2 Å². The number of rotatable bonds is 25. The van der Waals surface area contributed by atoms with Gasteiger partial charge in [-0.25, -0.2) is 9.59 Å². The lowest BCUT2D eigenvalue weighted by Crippen LogP contribution is -2.81. The van der Waals surface area contributed by atoms with E-state index in [9.17, 15) is 43.5 Å². The van der Waals surface area contributed by atoms with Crippen LogP contribution in [0.15, 0.2) is 85.0 Å². The highest BCUT2D eigenvalue weighted by molar-refractivity contribution is 6.13. The number of esters is 3. The van der Waals surface area contributed by atoms with Crippen LogP contribution < -0.4 is 41.7 Å². The van der Waals surface area contributed by atoms with Crippen LogP contribution in [0.5, 0.6) is 5.75 Å². The zero-order valence-electron chi connectivity index (χ0n) is 58.3. The lowest BCUT2D eigenvalue weighted by Gasteiger charge is -2.63. The number of quaternary nitrogens is 1. The van der Waals surface area contributed by atoms with Gasteiger partial charge in [-0.3, -0.25) is 43.4 Å². The Morgan fingerprint density at radius 1 is 0.869 bits per heavy atom. The van der Waals surface area contributed by atoms with Crippen LogP contribution in [0.25, 0.3) is 10.9 Å². The van der Waals surface area contributed by atoms with Crippen LogP contribution >= 0.6 is 0 Å². The predicted molar refractivity (Wildman–Crippen MR) is 365 cm³/mol. The maximum atomic E-state index is 16.1. The summed E-state index contributed by atoms with van der Waals surface area (Å²) in [5.74, 6) is -4.81. The Hall–Kier alpha value is -8.65. The maximum Gasteiger partial charge on any atom is 0.344 e. The van der Waals surface area contributed by atoms with Crippen molar-refractivity contribution in [2.75, 3.05) is 84.4 Å². The van der Waals surface area contributed by atoms with E-state index in [1.54, 1.807) is 33.1 Å². The topological polar surface area (TPSA) is 333 Å². The number of aromatic nitrogens is 1. The fourth-order valence-corrected chi connectivity index (χ4v) is 18.7. The number of benzene rings is 3. The van der Waals surface area contributed by atoms with Gasteiger partial charge in [-0.1, -0.05) is 88.6 Å². The molecular formula is C74H96N10O15. The minimum Gasteiger partial charge on any atom is -0.845 e. The molecule has 25 heteroatoms. The molecule has 7 heterocycles. The SMILES string of the molecule is CC[C@]1([O-])C[C@H]2C[C@](C(=O)OC)(c3cc4c(cc3OC)N(C)[C@H]3[C@@](O)(C(=O)OC)[C@H](OC(C)=O)[C@]5(CC)C=CCN6CC[C@]43[C@@H]65)c3[nH]c4ccccc4c3CC[N@+](Cc3ccc(NC(=O)[C@H](CCCNC(N)=O)NC(=O)[C@@H](NC(=O)CCCCCN4C(=O)C=CC4=O)C(C)C)cc3)(C2)C1. The van der Waals surface area contributed by atoms with Crippen LogP contribution in [0.4, 0.5) is 16.2 Å². The van der Waals surface area contributed by atoms with E-state index in [1.807, 2.05) is 80.4 Å². The number of hydrogen-bond donors (Lipinski definition) is 7. The first-order valence-corrected chi connectivity index (χ1v) is 34.9. The number of imide groups is 1. The van der Waals surface area contributed by atoms with Gasteiger partial charge < -0.3 is 70.5 Å². The lowest BCUT2D eigenvalue weighted by molar-refractivity contribution is -0.962. The molecule has 11 rings (SSSR count). The van der Waals surface area contributed by atoms with Gasteiger partial charge in [-0.05, 0) is 99.2 Å². The summed E-state index contributed by atoms with van der Waals surface area (Å²) in [4.78, 5) is 131. The van der Waals surface area contributed by atoms with Gasteiger partial charge in [0.2, 0.25) is 23.3 Å². The van der Waals surface area contributed by atoms with Gasteiger partial charge >= 0.3 is 23.9 Å². The number of nitrogens with one attached hydrogen (secondary N) is 5. The summed E-state index contributed by atoms with van der Waals surface area (Å²) in [6, 6.07) is 15.0. The maximum absolute atomic E-state index is 16.1. The molecule has 25 nitrogen and oxygen atoms in total. The lowest BCUT2D eigenvalue weighted by atomic mass is 9.47. The third-order valence-corrected chi connectivity index (χ3v) is 22.8. The van der Waals surface area contributed by atoms with E-state index in [0.29, 0.717) is 111 Å². The second kappa shape index (κ2) is 28.2. The number of urea groups is 1. The van der Waals surface area contributed by atoms with Crippen molar-refractivity contribution in [1.82, 2.24) is 30.7 Å². The molecule has 2 saturated heterocycles. The number of para-hydroxylation sites is 1. The molecule has 3 fully saturated rings. The fourth-order valence-electron chi connectivity index (χ4n) is 18.7. The first kappa shape index (κ1) is 71.6. The van der Waals surface area contributed by atoms with Gasteiger partial charge in [0.25, 0.3) is 11.8 Å². The fraction of sp³-hybridized carbons (Fsp3) is 0.554. The van der Waals surface area contributed by atoms with E-state index in [1.165, 1.54) is 33.3 Å². The first-order chi connectivity index (χ1) is 47.2. The van der Waals surface area contributed by atoms with Gasteiger partial charge in [0.05, 0.1) is 47.0 Å². The molecule has 1 spiro atoms. The third-order valence-electron chi connectivity index (χ3n) is 22.8. The molecule has 99 heavy (non-hydrogen) atoms. The van der Waals surface area contributed by atoms with Crippen LogP contribution in [-0.4, -0.2) is 194 Å². The zero-order valence-corrected chi connectivity index (χ0v) is 58.3. The molecular weight excluding hydrogens is 1270 g/mol. The van der Waals surface area contributed by atoms with Crippen molar-refractivity contribution in [1.29, 1.82) is 0 Å². The standard InChI is InChI=1S/C74H96N10O15/c1-10-70(94)39-47-40-73(67(91)97-8,52-37-51-55(38-56(52)96-7)81(6)65-72(51)31-35-82-33-18-30-71(11-2,64(72)82)66(99-45(5)85)74(65,95)68(92)98-9)61-50(49-19-14-15-20-53(49)78-61)29-36-84(42-47,43-70)41-46-23-25-48(26-24-46)77-62(89)54(21-17-32-76-69(75)93)79-63(90)60(44(3)4)80-57(86)22-13-12-16-34-83-58(87)27-28-59(83)88/h14-15,18-20,23-28,30,37-38,44,47,54,60,64-66,78,95H,10-13,16-17,21-22,29,31-36,39-43H2,1-9H3,(H,77,89)(H,79,90)(H,80,86)(H3,75,76,93)/t47-,54-,60-,64-,65+,66+,70-,71+,72+,73-,74-,84-/m0/s1. The number of primary amides is 1. The number of carbonyl (C=O) groups excluding carboxylic acids is 9. The minimum absolute atomic E-state index is 0.0932. The Bertz CT molecular complexity index is 3870. The normalized spacial score (nSPS) is 28.7. The highest BCUT2D eigenvalue weighted by Gasteiger charge is 2.80. The summed E-state index contributed by atoms with van der Waals surface area (Å²) < 4.78 is 24.8. The molecule has 3 aromatic carbocycles. The Labute approximate surface area is 577 Å². The molecule has 0 unspecified atom stereocenters. The zero-order chi connectivity index (χ0) is 71.1. The number of aliphatic hydroxyl groups is 1. The number of nitrogens with two attached hydrogens (primary N) is 1. The highest BCUT2D eigenvalue weighted by Crippen LogP contribution is 2.68. The molecule has 1 aromatic heterocycles. The Balaban J connectivity index is 0.909. The van der Waals surface area contributed by atoms with Crippen molar-refractivity contribution in [2.24, 2.45) is 23.0 Å². The number of fused-ring (bicyclic) bond motifs is 6. The number of methoxy groups -OCH3 is 3. The van der Waals surface area contributed by atoms with Crippen LogP contribution in [0.3, 0.4) is 0 Å². The quantitative estimate of drug-likeness (QED) is 0.0119. The Morgan fingerprint density at radius 2 is 1.60 bits per heavy atom. The third kappa shape index (κ3) is 12.7. The molecule has 8 N–H and O–H groups in total. The van der Waals surface area contributed by atoms with Crippen LogP contribution in [-0.2, 0) is 76.4 Å². The van der Waals surface area contributed by atoms with Crippen molar-refractivity contribution in [3.8, 4) is 5.75 Å². The van der Waals surface area contributed by atoms with Crippen molar-refractivity contribution in [3.05, 3.63) is 113 Å². The van der Waals surface area contributed by atoms with Crippen LogP contribution in [0.2, 0.25) is 0 Å². The Morgan fingerprint density at radius 3 is 2.26 bits per heavy atom. The van der Waals surface area contributed by atoms with Crippen molar-refractivity contribution < 1.29 is 76.8 Å². The number of hydrogen-bond acceptors (Lipinski definition) is 17. The van der Waals surface area contributed by atoms with Gasteiger partial charge in [-0.2, -0.15) is 0 Å². The number of anilines is 2. The minimum atomic E-state index is -2.41. The number of ether oxygens (including phenoxy) is 4. The average Bonchev–Trinajstić information content (AvgIpc) is 1.50. The number of unbranched alkanes of at least 4 members (excludes halogenated alkanes) is 2. The summed E-state index contributed by atoms with van der Waals surface area (Å²) in [5, 5.41) is 41.5. The van der Waals surface area contributed by atoms with Gasteiger partial charge in [0.1, 0.15) is 29.8 Å². The van der Waals surface area contributed by atoms with Gasteiger partial charge in [0, 0.05) is 127 Å². The summed E-state index contributed by atoms with van der Waals surface area (Å²) in [6.07, 6.45) is 9.09. The highest BCUT2D eigenvalue weighted by atomic mass is 16.6. The molecule has 2 bridgehead atoms. The Kier molecular flexibility index (Phi) is 20.4. The smallest absolute Gasteiger partial charge is 0.344 e. The van der Waals surface area contributed by atoms with E-state index < -0.39 is 99.4 Å². The van der Waals surface area contributed by atoms with E-state index in [4.69, 9.17) is 24.7 Å².